The van der Waals surface area contributed by atoms with Gasteiger partial charge >= 0.3 is 12.2 Å². The van der Waals surface area contributed by atoms with Gasteiger partial charge in [0.15, 0.2) is 0 Å². The van der Waals surface area contributed by atoms with Crippen LogP contribution in [0.5, 0.6) is 5.75 Å². The molecule has 0 unspecified atom stereocenters. The average molecular weight is 473 g/mol. The normalized spacial score (nSPS) is 11.8. The van der Waals surface area contributed by atoms with Gasteiger partial charge in [-0.1, -0.05) is 12.1 Å². The second kappa shape index (κ2) is 8.33. The van der Waals surface area contributed by atoms with Crippen LogP contribution in [0.3, 0.4) is 0 Å². The lowest BCUT2D eigenvalue weighted by Gasteiger charge is -2.10. The van der Waals surface area contributed by atoms with Crippen molar-refractivity contribution >= 4 is 49.6 Å². The minimum atomic E-state index is -4.66. The van der Waals surface area contributed by atoms with E-state index in [1.807, 2.05) is 0 Å². The quantitative estimate of drug-likeness (QED) is 0.189. The molecule has 3 aromatic carbocycles. The summed E-state index contributed by atoms with van der Waals surface area (Å²) in [7, 11) is -4.66. The molecule has 0 radical (unpaired) electrons. The molecule has 33 heavy (non-hydrogen) atoms. The van der Waals surface area contributed by atoms with Gasteiger partial charge in [0.25, 0.3) is 10.1 Å². The zero-order chi connectivity index (χ0) is 23.8. The minimum absolute atomic E-state index is 0.00191. The number of aromatic nitrogens is 3. The summed E-state index contributed by atoms with van der Waals surface area (Å²) in [5.74, 6) is -0.635. The van der Waals surface area contributed by atoms with Gasteiger partial charge < -0.3 is 16.2 Å². The number of halogens is 2. The lowest BCUT2D eigenvalue weighted by atomic mass is 10.1. The third kappa shape index (κ3) is 4.65. The van der Waals surface area contributed by atoms with Gasteiger partial charge in [-0.3, -0.25) is 4.55 Å². The maximum Gasteiger partial charge on any atom is 0.315 e. The number of azo groups is 1. The summed E-state index contributed by atoms with van der Waals surface area (Å²) in [6.45, 7) is 0. The van der Waals surface area contributed by atoms with Crippen molar-refractivity contribution in [2.24, 2.45) is 10.2 Å². The van der Waals surface area contributed by atoms with E-state index in [1.165, 1.54) is 42.5 Å². The van der Waals surface area contributed by atoms with Gasteiger partial charge in [0, 0.05) is 11.1 Å². The van der Waals surface area contributed by atoms with Crippen LogP contribution in [-0.4, -0.2) is 33.0 Å². The molecule has 0 saturated heterocycles. The summed E-state index contributed by atoms with van der Waals surface area (Å²) in [6.07, 6.45) is -2.56. The maximum atomic E-state index is 13.1. The Hall–Kier alpha value is -4.30. The second-order valence-electron chi connectivity index (χ2n) is 6.55. The monoisotopic (exact) mass is 473 g/mol. The molecule has 0 aliphatic carbocycles. The Morgan fingerprint density at radius 3 is 2.27 bits per heavy atom. The van der Waals surface area contributed by atoms with Crippen molar-refractivity contribution < 1.29 is 26.9 Å². The van der Waals surface area contributed by atoms with E-state index in [2.05, 4.69) is 30.5 Å². The zero-order valence-corrected chi connectivity index (χ0v) is 17.1. The van der Waals surface area contributed by atoms with Gasteiger partial charge in [0.2, 0.25) is 5.95 Å². The van der Waals surface area contributed by atoms with Crippen LogP contribution >= 0.6 is 0 Å². The molecule has 14 heteroatoms. The Balaban J connectivity index is 1.66. The Morgan fingerprint density at radius 2 is 1.64 bits per heavy atom. The number of fused-ring (bicyclic) bond motifs is 1. The molecule has 1 aromatic heterocycles. The van der Waals surface area contributed by atoms with Crippen molar-refractivity contribution in [3.05, 3.63) is 60.7 Å². The number of phenolic OH excluding ortho intramolecular Hbond substituents is 1. The number of nitrogen functional groups attached to an aromatic ring is 1. The first-order valence-corrected chi connectivity index (χ1v) is 10.4. The maximum absolute atomic E-state index is 13.1. The lowest BCUT2D eigenvalue weighted by Crippen LogP contribution is -2.03. The first kappa shape index (κ1) is 21.9. The van der Waals surface area contributed by atoms with Crippen molar-refractivity contribution in [1.29, 1.82) is 0 Å². The van der Waals surface area contributed by atoms with Crippen LogP contribution in [0.1, 0.15) is 0 Å². The Kier molecular flexibility index (Phi) is 5.53. The highest BCUT2D eigenvalue weighted by atomic mass is 32.2. The molecule has 168 valence electrons. The van der Waals surface area contributed by atoms with Gasteiger partial charge in [0.05, 0.1) is 16.8 Å². The Labute approximate surface area is 184 Å². The fourth-order valence-corrected chi connectivity index (χ4v) is 3.67. The third-order valence-corrected chi connectivity index (χ3v) is 5.27. The SMILES string of the molecule is Nc1c(N=Nc2ccc(Nc3nc(F)nc(F)n3)cc2)cc(S(=O)(=O)O)c2cccc(O)c12. The number of hydrogen-bond donors (Lipinski definition) is 4. The van der Waals surface area contributed by atoms with Gasteiger partial charge in [-0.15, -0.1) is 5.11 Å². The average Bonchev–Trinajstić information content (AvgIpc) is 2.73. The molecule has 0 saturated carbocycles. The molecule has 0 fully saturated rings. The zero-order valence-electron chi connectivity index (χ0n) is 16.3. The van der Waals surface area contributed by atoms with Crippen LogP contribution in [-0.2, 0) is 10.1 Å². The lowest BCUT2D eigenvalue weighted by molar-refractivity contribution is 0.458. The van der Waals surface area contributed by atoms with Gasteiger partial charge in [-0.05, 0) is 36.4 Å². The number of nitrogens with one attached hydrogen (secondary N) is 1. The largest absolute Gasteiger partial charge is 0.507 e. The Morgan fingerprint density at radius 1 is 0.970 bits per heavy atom. The molecule has 0 spiro atoms. The molecular weight excluding hydrogens is 460 g/mol. The molecular formula is C19H13F2N7O4S. The molecule has 11 nitrogen and oxygen atoms in total. The first-order valence-electron chi connectivity index (χ1n) is 8.99. The number of nitrogens with two attached hydrogens (primary N) is 1. The molecule has 0 aliphatic heterocycles. The predicted molar refractivity (Wildman–Crippen MR) is 113 cm³/mol. The van der Waals surface area contributed by atoms with Crippen LogP contribution in [0.25, 0.3) is 10.8 Å². The minimum Gasteiger partial charge on any atom is -0.507 e. The topological polar surface area (TPSA) is 176 Å². The fraction of sp³-hybridized carbons (Fsp3) is 0. The van der Waals surface area contributed by atoms with Crippen LogP contribution in [0.4, 0.5) is 37.5 Å². The molecule has 0 aliphatic rings. The van der Waals surface area contributed by atoms with Crippen molar-refractivity contribution in [3.8, 4) is 5.75 Å². The number of rotatable bonds is 5. The number of phenols is 1. The number of hydrogen-bond acceptors (Lipinski definition) is 10. The highest BCUT2D eigenvalue weighted by Crippen LogP contribution is 2.40. The van der Waals surface area contributed by atoms with Gasteiger partial charge in [-0.25, -0.2) is 0 Å². The summed E-state index contributed by atoms with van der Waals surface area (Å²) >= 11 is 0. The first-order chi connectivity index (χ1) is 15.6. The molecule has 0 amide bonds. The number of aromatic hydroxyl groups is 1. The number of nitrogens with zero attached hydrogens (tertiary/aromatic N) is 5. The van der Waals surface area contributed by atoms with Crippen molar-refractivity contribution in [2.45, 2.75) is 4.90 Å². The van der Waals surface area contributed by atoms with E-state index >= 15 is 0 Å². The highest BCUT2D eigenvalue weighted by molar-refractivity contribution is 7.86. The van der Waals surface area contributed by atoms with Crippen LogP contribution in [0.15, 0.2) is 63.7 Å². The van der Waals surface area contributed by atoms with E-state index in [0.717, 1.165) is 6.07 Å². The molecule has 1 heterocycles. The third-order valence-electron chi connectivity index (χ3n) is 4.38. The summed E-state index contributed by atoms with van der Waals surface area (Å²) in [5.41, 5.74) is 6.59. The molecule has 5 N–H and O–H groups in total. The Bertz CT molecular complexity index is 1490. The van der Waals surface area contributed by atoms with Crippen LogP contribution in [0, 0.1) is 12.2 Å². The summed E-state index contributed by atoms with van der Waals surface area (Å²) < 4.78 is 59.3. The van der Waals surface area contributed by atoms with Crippen LogP contribution < -0.4 is 11.1 Å². The van der Waals surface area contributed by atoms with E-state index in [4.69, 9.17) is 5.73 Å². The van der Waals surface area contributed by atoms with Gasteiger partial charge in [0.1, 0.15) is 16.3 Å². The summed E-state index contributed by atoms with van der Waals surface area (Å²) in [6, 6.07) is 11.1. The van der Waals surface area contributed by atoms with Crippen molar-refractivity contribution in [3.63, 3.8) is 0 Å². The van der Waals surface area contributed by atoms with Crippen molar-refractivity contribution in [1.82, 2.24) is 15.0 Å². The van der Waals surface area contributed by atoms with Gasteiger partial charge in [-0.2, -0.15) is 37.3 Å². The van der Waals surface area contributed by atoms with E-state index in [-0.39, 0.29) is 33.8 Å². The van der Waals surface area contributed by atoms with E-state index < -0.39 is 27.2 Å². The van der Waals surface area contributed by atoms with E-state index in [1.54, 1.807) is 0 Å². The summed E-state index contributed by atoms with van der Waals surface area (Å²) in [5, 5.41) is 20.7. The smallest absolute Gasteiger partial charge is 0.315 e. The standard InChI is InChI=1S/C19H13F2N7O4S/c20-17-24-18(21)26-19(25-17)23-9-4-6-10(7-5-9)27-28-12-8-14(33(30,31)32)11-2-1-3-13(29)15(11)16(12)22/h1-8,29H,22H2,(H,30,31,32)(H,23,24,25,26). The van der Waals surface area contributed by atoms with Crippen LogP contribution in [0.2, 0.25) is 0 Å². The van der Waals surface area contributed by atoms with E-state index in [0.29, 0.717) is 11.4 Å². The number of benzene rings is 3. The fourth-order valence-electron chi connectivity index (χ4n) is 2.97. The number of anilines is 3. The second-order valence-corrected chi connectivity index (χ2v) is 7.94. The predicted octanol–water partition coefficient (Wildman–Crippen LogP) is 4.00. The van der Waals surface area contributed by atoms with E-state index in [9.17, 15) is 26.9 Å². The highest BCUT2D eigenvalue weighted by Gasteiger charge is 2.20. The molecule has 4 aromatic rings. The van der Waals surface area contributed by atoms with Crippen molar-refractivity contribution in [2.75, 3.05) is 11.1 Å². The summed E-state index contributed by atoms with van der Waals surface area (Å²) in [4.78, 5) is 8.92. The molecule has 0 atom stereocenters. The molecule has 0 bridgehead atoms. The molecule has 4 rings (SSSR count).